The predicted molar refractivity (Wildman–Crippen MR) is 95.3 cm³/mol. The van der Waals surface area contributed by atoms with Crippen molar-refractivity contribution in [1.29, 1.82) is 0 Å². The fraction of sp³-hybridized carbons (Fsp3) is 1.00. The number of rotatable bonds is 14. The Morgan fingerprint density at radius 3 is 0.783 bits per heavy atom. The Kier molecular flexibility index (Phi) is 11.0. The van der Waals surface area contributed by atoms with Crippen LogP contribution in [0.5, 0.6) is 0 Å². The summed E-state index contributed by atoms with van der Waals surface area (Å²) < 4.78 is 36.0. The van der Waals surface area contributed by atoms with Crippen LogP contribution in [0, 0.1) is 0 Å². The first-order valence-electron chi connectivity index (χ1n) is 8.70. The zero-order valence-corrected chi connectivity index (χ0v) is 18.2. The molecule has 0 aliphatic heterocycles. The summed E-state index contributed by atoms with van der Waals surface area (Å²) in [4.78, 5) is 0. The van der Waals surface area contributed by atoms with E-state index in [9.17, 15) is 0 Å². The maximum Gasteiger partial charge on any atom is 0.511 e. The lowest BCUT2D eigenvalue weighted by atomic mass is 10.5. The Hall–Kier alpha value is 0.194. The standard InChI is InChI=1S/C15H36O6Si2/c1-9-16-22(17-10-2,18-11-3)15(7,8)23(19-12-4,20-13-5)21-14-6/h9-14H2,1-8H3. The lowest BCUT2D eigenvalue weighted by molar-refractivity contribution is 0.0170. The first-order chi connectivity index (χ1) is 10.9. The van der Waals surface area contributed by atoms with Crippen LogP contribution < -0.4 is 0 Å². The quantitative estimate of drug-likeness (QED) is 0.438. The van der Waals surface area contributed by atoms with Gasteiger partial charge in [-0.15, -0.1) is 0 Å². The molecule has 0 saturated heterocycles. The van der Waals surface area contributed by atoms with E-state index in [4.69, 9.17) is 26.6 Å². The van der Waals surface area contributed by atoms with E-state index < -0.39 is 22.3 Å². The lowest BCUT2D eigenvalue weighted by Gasteiger charge is -2.47. The van der Waals surface area contributed by atoms with Crippen molar-refractivity contribution in [2.45, 2.75) is 60.1 Å². The summed E-state index contributed by atoms with van der Waals surface area (Å²) in [6.07, 6.45) is 0. The summed E-state index contributed by atoms with van der Waals surface area (Å²) in [5.74, 6) is 0. The molecule has 140 valence electrons. The van der Waals surface area contributed by atoms with E-state index in [0.717, 1.165) is 0 Å². The monoisotopic (exact) mass is 368 g/mol. The van der Waals surface area contributed by atoms with E-state index in [2.05, 4.69) is 0 Å². The molecule has 0 bridgehead atoms. The molecule has 0 aliphatic rings. The third kappa shape index (κ3) is 5.08. The highest BCUT2D eigenvalue weighted by atomic mass is 28.5. The average Bonchev–Trinajstić information content (AvgIpc) is 2.48. The molecule has 0 aromatic heterocycles. The highest BCUT2D eigenvalue weighted by Gasteiger charge is 2.72. The molecular weight excluding hydrogens is 332 g/mol. The van der Waals surface area contributed by atoms with E-state index in [0.29, 0.717) is 39.6 Å². The van der Waals surface area contributed by atoms with Gasteiger partial charge in [-0.25, -0.2) is 0 Å². The van der Waals surface area contributed by atoms with Gasteiger partial charge in [0.25, 0.3) is 0 Å². The van der Waals surface area contributed by atoms with Crippen LogP contribution in [0.1, 0.15) is 55.4 Å². The van der Waals surface area contributed by atoms with Crippen LogP contribution >= 0.6 is 0 Å². The lowest BCUT2D eigenvalue weighted by Crippen LogP contribution is -2.69. The molecule has 0 atom stereocenters. The first kappa shape index (κ1) is 23.2. The summed E-state index contributed by atoms with van der Waals surface area (Å²) in [5.41, 5.74) is 0. The normalized spacial score (nSPS) is 13.6. The molecule has 0 unspecified atom stereocenters. The third-order valence-corrected chi connectivity index (χ3v) is 12.4. The Morgan fingerprint density at radius 1 is 0.478 bits per heavy atom. The molecule has 0 rings (SSSR count). The largest absolute Gasteiger partial charge is 0.511 e. The number of hydrogen-bond acceptors (Lipinski definition) is 6. The smallest absolute Gasteiger partial charge is 0.373 e. The van der Waals surface area contributed by atoms with E-state index >= 15 is 0 Å². The summed E-state index contributed by atoms with van der Waals surface area (Å²) in [5, 5.41) is 0. The number of hydrogen-bond donors (Lipinski definition) is 0. The molecule has 8 heteroatoms. The zero-order valence-electron chi connectivity index (χ0n) is 16.2. The average molecular weight is 369 g/mol. The van der Waals surface area contributed by atoms with Crippen molar-refractivity contribution in [1.82, 2.24) is 0 Å². The van der Waals surface area contributed by atoms with E-state index in [1.54, 1.807) is 0 Å². The predicted octanol–water partition coefficient (Wildman–Crippen LogP) is 3.40. The fourth-order valence-corrected chi connectivity index (χ4v) is 10.4. The van der Waals surface area contributed by atoms with Crippen LogP contribution in [-0.2, 0) is 26.6 Å². The third-order valence-electron chi connectivity index (χ3n) is 3.54. The van der Waals surface area contributed by atoms with E-state index in [1.807, 2.05) is 55.4 Å². The molecule has 0 radical (unpaired) electrons. The van der Waals surface area contributed by atoms with Gasteiger partial charge in [0.1, 0.15) is 4.66 Å². The van der Waals surface area contributed by atoms with Gasteiger partial charge in [-0.3, -0.25) is 0 Å². The molecule has 0 aromatic carbocycles. The Morgan fingerprint density at radius 2 is 0.652 bits per heavy atom. The zero-order chi connectivity index (χ0) is 18.0. The van der Waals surface area contributed by atoms with Gasteiger partial charge in [-0.05, 0) is 41.5 Å². The van der Waals surface area contributed by atoms with Crippen molar-refractivity contribution in [2.75, 3.05) is 39.6 Å². The van der Waals surface area contributed by atoms with Gasteiger partial charge in [-0.2, -0.15) is 0 Å². The molecule has 0 fully saturated rings. The minimum atomic E-state index is -3.08. The van der Waals surface area contributed by atoms with Crippen LogP contribution in [0.2, 0.25) is 4.66 Å². The highest BCUT2D eigenvalue weighted by Crippen LogP contribution is 2.48. The van der Waals surface area contributed by atoms with Crippen LogP contribution in [0.25, 0.3) is 0 Å². The molecule has 0 aromatic rings. The van der Waals surface area contributed by atoms with Gasteiger partial charge >= 0.3 is 17.6 Å². The second-order valence-electron chi connectivity index (χ2n) is 5.34. The van der Waals surface area contributed by atoms with Crippen molar-refractivity contribution >= 4 is 17.6 Å². The second-order valence-corrected chi connectivity index (χ2v) is 12.3. The van der Waals surface area contributed by atoms with Crippen molar-refractivity contribution in [3.05, 3.63) is 0 Å². The van der Waals surface area contributed by atoms with Gasteiger partial charge in [-0.1, -0.05) is 13.8 Å². The second kappa shape index (κ2) is 10.9. The molecule has 0 saturated carbocycles. The molecule has 0 spiro atoms. The van der Waals surface area contributed by atoms with Crippen LogP contribution in [-0.4, -0.2) is 57.3 Å². The Balaban J connectivity index is 6.05. The molecule has 6 nitrogen and oxygen atoms in total. The van der Waals surface area contributed by atoms with Crippen LogP contribution in [0.3, 0.4) is 0 Å². The molecule has 0 aliphatic carbocycles. The maximum absolute atomic E-state index is 6.11. The summed E-state index contributed by atoms with van der Waals surface area (Å²) in [7, 11) is -6.17. The SMILES string of the molecule is CCO[Si](OCC)(OCC)C(C)(C)[Si](OCC)(OCC)OCC. The van der Waals surface area contributed by atoms with E-state index in [1.165, 1.54) is 0 Å². The van der Waals surface area contributed by atoms with Gasteiger partial charge in [0.15, 0.2) is 0 Å². The topological polar surface area (TPSA) is 55.4 Å². The Labute approximate surface area is 144 Å². The minimum Gasteiger partial charge on any atom is -0.373 e. The summed E-state index contributed by atoms with van der Waals surface area (Å²) in [6, 6.07) is 0. The van der Waals surface area contributed by atoms with Crippen LogP contribution in [0.4, 0.5) is 0 Å². The van der Waals surface area contributed by atoms with Gasteiger partial charge < -0.3 is 26.6 Å². The summed E-state index contributed by atoms with van der Waals surface area (Å²) in [6.45, 7) is 18.8. The van der Waals surface area contributed by atoms with Crippen molar-refractivity contribution in [3.8, 4) is 0 Å². The highest BCUT2D eigenvalue weighted by molar-refractivity contribution is 6.85. The van der Waals surface area contributed by atoms with Crippen LogP contribution in [0.15, 0.2) is 0 Å². The van der Waals surface area contributed by atoms with Gasteiger partial charge in [0, 0.05) is 39.6 Å². The van der Waals surface area contributed by atoms with Crippen molar-refractivity contribution < 1.29 is 26.6 Å². The maximum atomic E-state index is 6.11. The molecular formula is C15H36O6Si2. The molecule has 0 heterocycles. The summed E-state index contributed by atoms with van der Waals surface area (Å²) >= 11 is 0. The minimum absolute atomic E-state index is 0.504. The first-order valence-corrected chi connectivity index (χ1v) is 12.1. The molecule has 0 amide bonds. The van der Waals surface area contributed by atoms with Gasteiger partial charge in [0.05, 0.1) is 0 Å². The fourth-order valence-electron chi connectivity index (χ4n) is 2.66. The Bertz CT molecular complexity index is 252. The van der Waals surface area contributed by atoms with Gasteiger partial charge in [0.2, 0.25) is 0 Å². The molecule has 23 heavy (non-hydrogen) atoms. The van der Waals surface area contributed by atoms with Crippen molar-refractivity contribution in [3.63, 3.8) is 0 Å². The van der Waals surface area contributed by atoms with E-state index in [-0.39, 0.29) is 0 Å². The van der Waals surface area contributed by atoms with Crippen molar-refractivity contribution in [2.24, 2.45) is 0 Å². The molecule has 0 N–H and O–H groups in total.